The first-order chi connectivity index (χ1) is 8.13. The third-order valence-electron chi connectivity index (χ3n) is 2.59. The molecule has 2 rings (SSSR count). The second-order valence-electron chi connectivity index (χ2n) is 4.24. The van der Waals surface area contributed by atoms with Crippen LogP contribution >= 0.6 is 0 Å². The van der Waals surface area contributed by atoms with Gasteiger partial charge in [0.25, 0.3) is 0 Å². The Morgan fingerprint density at radius 2 is 2.24 bits per heavy atom. The minimum absolute atomic E-state index is 0.440. The van der Waals surface area contributed by atoms with Crippen molar-refractivity contribution in [2.75, 3.05) is 33.5 Å². The lowest BCUT2D eigenvalue weighted by Crippen LogP contribution is -2.19. The molecule has 0 fully saturated rings. The van der Waals surface area contributed by atoms with Crippen LogP contribution in [0.1, 0.15) is 5.69 Å². The standard InChI is InChI=1S/C10H18N6O/c1-15(2)4-5-16-10-8(9(11)12-13-10)7(14-16)6-17-3/h4-6H2,1-3H3,(H3,11,12,13). The SMILES string of the molecule is COCc1nn(CCN(C)C)c2n[nH]c(N)c12. The van der Waals surface area contributed by atoms with Crippen LogP contribution in [-0.2, 0) is 17.9 Å². The molecule has 0 atom stereocenters. The molecule has 0 amide bonds. The number of nitrogens with two attached hydrogens (primary N) is 1. The first kappa shape index (κ1) is 11.9. The fraction of sp³-hybridized carbons (Fsp3) is 0.600. The molecule has 2 aromatic rings. The maximum absolute atomic E-state index is 5.84. The van der Waals surface area contributed by atoms with Gasteiger partial charge in [-0.25, -0.2) is 4.68 Å². The second-order valence-corrected chi connectivity index (χ2v) is 4.24. The number of aromatic amines is 1. The molecule has 0 bridgehead atoms. The summed E-state index contributed by atoms with van der Waals surface area (Å²) in [7, 11) is 5.69. The molecule has 7 nitrogen and oxygen atoms in total. The number of ether oxygens (including phenoxy) is 1. The number of anilines is 1. The molecule has 0 aliphatic heterocycles. The maximum atomic E-state index is 5.84. The number of aromatic nitrogens is 4. The number of hydrogen-bond donors (Lipinski definition) is 2. The highest BCUT2D eigenvalue weighted by Gasteiger charge is 2.16. The van der Waals surface area contributed by atoms with Crippen LogP contribution in [0, 0.1) is 0 Å². The molecule has 0 saturated heterocycles. The Labute approximate surface area is 99.5 Å². The lowest BCUT2D eigenvalue weighted by Gasteiger charge is -2.08. The van der Waals surface area contributed by atoms with Gasteiger partial charge in [-0.05, 0) is 14.1 Å². The molecule has 2 heterocycles. The van der Waals surface area contributed by atoms with Crippen molar-refractivity contribution in [2.24, 2.45) is 0 Å². The summed E-state index contributed by atoms with van der Waals surface area (Å²) < 4.78 is 6.97. The summed E-state index contributed by atoms with van der Waals surface area (Å²) in [5, 5.41) is 12.3. The Morgan fingerprint density at radius 1 is 1.47 bits per heavy atom. The highest BCUT2D eigenvalue weighted by Crippen LogP contribution is 2.22. The van der Waals surface area contributed by atoms with E-state index in [4.69, 9.17) is 10.5 Å². The average molecular weight is 238 g/mol. The van der Waals surface area contributed by atoms with Crippen LogP contribution in [0.4, 0.5) is 5.82 Å². The van der Waals surface area contributed by atoms with Crippen molar-refractivity contribution in [3.63, 3.8) is 0 Å². The van der Waals surface area contributed by atoms with Gasteiger partial charge in [0.05, 0.1) is 18.5 Å². The summed E-state index contributed by atoms with van der Waals surface area (Å²) in [5.41, 5.74) is 7.45. The number of methoxy groups -OCH3 is 1. The summed E-state index contributed by atoms with van der Waals surface area (Å²) >= 11 is 0. The summed E-state index contributed by atoms with van der Waals surface area (Å²) in [6.45, 7) is 2.11. The van der Waals surface area contributed by atoms with Gasteiger partial charge in [-0.15, -0.1) is 0 Å². The zero-order chi connectivity index (χ0) is 12.4. The molecule has 94 valence electrons. The summed E-state index contributed by atoms with van der Waals surface area (Å²) in [6, 6.07) is 0. The van der Waals surface area contributed by atoms with Gasteiger partial charge in [-0.3, -0.25) is 5.10 Å². The van der Waals surface area contributed by atoms with E-state index in [0.29, 0.717) is 12.4 Å². The largest absolute Gasteiger partial charge is 0.383 e. The van der Waals surface area contributed by atoms with E-state index in [9.17, 15) is 0 Å². The average Bonchev–Trinajstić information content (AvgIpc) is 2.79. The number of nitrogen functional groups attached to an aromatic ring is 1. The van der Waals surface area contributed by atoms with E-state index in [2.05, 4.69) is 20.2 Å². The Kier molecular flexibility index (Phi) is 3.30. The molecular formula is C10H18N6O. The van der Waals surface area contributed by atoms with Gasteiger partial charge in [0, 0.05) is 13.7 Å². The zero-order valence-electron chi connectivity index (χ0n) is 10.4. The lowest BCUT2D eigenvalue weighted by atomic mass is 10.3. The topological polar surface area (TPSA) is 85.0 Å². The molecule has 0 aliphatic carbocycles. The van der Waals surface area contributed by atoms with Gasteiger partial charge in [0.15, 0.2) is 5.65 Å². The fourth-order valence-electron chi connectivity index (χ4n) is 1.75. The second kappa shape index (κ2) is 4.72. The number of nitrogens with one attached hydrogen (secondary N) is 1. The Bertz CT molecular complexity index is 500. The number of H-pyrrole nitrogens is 1. The number of hydrogen-bond acceptors (Lipinski definition) is 5. The van der Waals surface area contributed by atoms with E-state index in [-0.39, 0.29) is 0 Å². The van der Waals surface area contributed by atoms with E-state index in [1.807, 2.05) is 18.8 Å². The first-order valence-electron chi connectivity index (χ1n) is 5.46. The third-order valence-corrected chi connectivity index (χ3v) is 2.59. The number of rotatable bonds is 5. The normalized spacial score (nSPS) is 11.8. The monoisotopic (exact) mass is 238 g/mol. The van der Waals surface area contributed by atoms with Crippen LogP contribution < -0.4 is 5.73 Å². The highest BCUT2D eigenvalue weighted by molar-refractivity contribution is 5.88. The van der Waals surface area contributed by atoms with Crippen molar-refractivity contribution in [1.29, 1.82) is 0 Å². The molecule has 0 aromatic carbocycles. The summed E-state index contributed by atoms with van der Waals surface area (Å²) in [6.07, 6.45) is 0. The highest BCUT2D eigenvalue weighted by atomic mass is 16.5. The summed E-state index contributed by atoms with van der Waals surface area (Å²) in [4.78, 5) is 2.10. The van der Waals surface area contributed by atoms with E-state index in [1.54, 1.807) is 7.11 Å². The predicted octanol–water partition coefficient (Wildman–Crippen LogP) is 0.0496. The lowest BCUT2D eigenvalue weighted by molar-refractivity contribution is 0.181. The number of likely N-dealkylation sites (N-methyl/N-ethyl adjacent to an activating group) is 1. The smallest absolute Gasteiger partial charge is 0.182 e. The van der Waals surface area contributed by atoms with E-state index >= 15 is 0 Å². The minimum Gasteiger partial charge on any atom is -0.383 e. The molecule has 17 heavy (non-hydrogen) atoms. The molecular weight excluding hydrogens is 220 g/mol. The van der Waals surface area contributed by atoms with Crippen LogP contribution in [0.15, 0.2) is 0 Å². The van der Waals surface area contributed by atoms with Gasteiger partial charge in [-0.2, -0.15) is 10.2 Å². The zero-order valence-corrected chi connectivity index (χ0v) is 10.4. The van der Waals surface area contributed by atoms with Gasteiger partial charge >= 0.3 is 0 Å². The third kappa shape index (κ3) is 2.25. The van der Waals surface area contributed by atoms with Crippen LogP contribution in [-0.4, -0.2) is 52.6 Å². The van der Waals surface area contributed by atoms with Gasteiger partial charge in [0.1, 0.15) is 11.5 Å². The molecule has 7 heteroatoms. The minimum atomic E-state index is 0.440. The molecule has 0 saturated carbocycles. The van der Waals surface area contributed by atoms with Crippen LogP contribution in [0.5, 0.6) is 0 Å². The van der Waals surface area contributed by atoms with Crippen molar-refractivity contribution >= 4 is 16.9 Å². The first-order valence-corrected chi connectivity index (χ1v) is 5.46. The van der Waals surface area contributed by atoms with Crippen LogP contribution in [0.2, 0.25) is 0 Å². The molecule has 0 radical (unpaired) electrons. The number of nitrogens with zero attached hydrogens (tertiary/aromatic N) is 4. The molecule has 0 spiro atoms. The van der Waals surface area contributed by atoms with E-state index < -0.39 is 0 Å². The quantitative estimate of drug-likeness (QED) is 0.768. The van der Waals surface area contributed by atoms with E-state index in [1.165, 1.54) is 0 Å². The van der Waals surface area contributed by atoms with Crippen molar-refractivity contribution in [2.45, 2.75) is 13.2 Å². The van der Waals surface area contributed by atoms with Gasteiger partial charge in [0.2, 0.25) is 0 Å². The van der Waals surface area contributed by atoms with Gasteiger partial charge in [-0.1, -0.05) is 0 Å². The molecule has 2 aromatic heterocycles. The Balaban J connectivity index is 2.35. The molecule has 0 unspecified atom stereocenters. The Hall–Kier alpha value is -1.60. The van der Waals surface area contributed by atoms with Crippen molar-refractivity contribution in [3.05, 3.63) is 5.69 Å². The maximum Gasteiger partial charge on any atom is 0.182 e. The van der Waals surface area contributed by atoms with Crippen LogP contribution in [0.3, 0.4) is 0 Å². The van der Waals surface area contributed by atoms with Crippen molar-refractivity contribution in [3.8, 4) is 0 Å². The van der Waals surface area contributed by atoms with Crippen molar-refractivity contribution < 1.29 is 4.74 Å². The molecule has 0 aliphatic rings. The fourth-order valence-corrected chi connectivity index (χ4v) is 1.75. The van der Waals surface area contributed by atoms with Crippen molar-refractivity contribution in [1.82, 2.24) is 24.9 Å². The predicted molar refractivity (Wildman–Crippen MR) is 65.6 cm³/mol. The summed E-state index contributed by atoms with van der Waals surface area (Å²) in [5.74, 6) is 0.545. The van der Waals surface area contributed by atoms with E-state index in [0.717, 1.165) is 29.8 Å². The Morgan fingerprint density at radius 3 is 2.88 bits per heavy atom. The molecule has 3 N–H and O–H groups in total. The number of fused-ring (bicyclic) bond motifs is 1. The van der Waals surface area contributed by atoms with Gasteiger partial charge < -0.3 is 15.4 Å². The van der Waals surface area contributed by atoms with Crippen LogP contribution in [0.25, 0.3) is 11.0 Å².